The smallest absolute Gasteiger partial charge is 0.258 e. The number of nitrogens with zero attached hydrogens (tertiary/aromatic N) is 4. The summed E-state index contributed by atoms with van der Waals surface area (Å²) in [6, 6.07) is 36.8. The lowest BCUT2D eigenvalue weighted by molar-refractivity contribution is -0.384. The van der Waals surface area contributed by atoms with E-state index in [0.717, 1.165) is 43.5 Å². The molecule has 6 nitrogen and oxygen atoms in total. The van der Waals surface area contributed by atoms with Crippen molar-refractivity contribution >= 4 is 17.0 Å². The van der Waals surface area contributed by atoms with Gasteiger partial charge in [0.2, 0.25) is 0 Å². The summed E-state index contributed by atoms with van der Waals surface area (Å²) in [7, 11) is 0. The monoisotopic (exact) mass is 500 g/mol. The molecule has 0 saturated carbocycles. The van der Waals surface area contributed by atoms with Gasteiger partial charge in [0.15, 0.2) is 0 Å². The number of thiazole rings is 1. The molecule has 0 bridgehead atoms. The topological polar surface area (TPSA) is 73.8 Å². The molecule has 0 radical (unpaired) electrons. The molecule has 0 fully saturated rings. The van der Waals surface area contributed by atoms with Gasteiger partial charge in [0.25, 0.3) is 5.69 Å². The Kier molecular flexibility index (Phi) is 5.88. The maximum Gasteiger partial charge on any atom is 0.269 e. The first kappa shape index (κ1) is 22.6. The van der Waals surface area contributed by atoms with Crippen LogP contribution in [-0.2, 0) is 0 Å². The second kappa shape index (κ2) is 9.64. The maximum atomic E-state index is 11.2. The minimum atomic E-state index is -0.396. The molecular formula is C30H20N4O2S. The summed E-state index contributed by atoms with van der Waals surface area (Å²) < 4.78 is 1.83. The quantitative estimate of drug-likeness (QED) is 0.172. The number of benzene rings is 4. The second-order valence-electron chi connectivity index (χ2n) is 8.40. The van der Waals surface area contributed by atoms with Crippen LogP contribution in [0.4, 0.5) is 5.69 Å². The lowest BCUT2D eigenvalue weighted by atomic mass is 10.1. The van der Waals surface area contributed by atoms with Gasteiger partial charge in [-0.25, -0.2) is 9.67 Å². The Bertz CT molecular complexity index is 1620. The Morgan fingerprint density at radius 3 is 1.86 bits per heavy atom. The summed E-state index contributed by atoms with van der Waals surface area (Å²) in [5.41, 5.74) is 6.36. The Balaban J connectivity index is 1.56. The van der Waals surface area contributed by atoms with Crippen LogP contribution in [0.2, 0.25) is 0 Å². The number of hydrogen-bond acceptors (Lipinski definition) is 5. The molecule has 6 aromatic rings. The molecule has 0 amide bonds. The first-order valence-corrected chi connectivity index (χ1v) is 12.5. The van der Waals surface area contributed by atoms with E-state index in [1.807, 2.05) is 77.6 Å². The van der Waals surface area contributed by atoms with Crippen molar-refractivity contribution < 1.29 is 4.92 Å². The molecular weight excluding hydrogens is 480 g/mol. The first-order chi connectivity index (χ1) is 18.2. The third-order valence-corrected chi connectivity index (χ3v) is 7.17. The van der Waals surface area contributed by atoms with Gasteiger partial charge in [0.1, 0.15) is 10.7 Å². The average Bonchev–Trinajstić information content (AvgIpc) is 3.60. The molecule has 6 rings (SSSR count). The molecule has 37 heavy (non-hydrogen) atoms. The fourth-order valence-electron chi connectivity index (χ4n) is 4.21. The molecule has 0 spiro atoms. The molecule has 0 saturated heterocycles. The van der Waals surface area contributed by atoms with Crippen molar-refractivity contribution in [1.29, 1.82) is 0 Å². The normalized spacial score (nSPS) is 10.9. The maximum absolute atomic E-state index is 11.2. The Labute approximate surface area is 217 Å². The minimum Gasteiger partial charge on any atom is -0.258 e. The molecule has 0 N–H and O–H groups in total. The van der Waals surface area contributed by atoms with Crippen LogP contribution in [-0.4, -0.2) is 19.7 Å². The molecule has 0 aliphatic heterocycles. The van der Waals surface area contributed by atoms with E-state index in [4.69, 9.17) is 10.1 Å². The molecule has 0 aliphatic carbocycles. The highest BCUT2D eigenvalue weighted by Crippen LogP contribution is 2.43. The van der Waals surface area contributed by atoms with Crippen molar-refractivity contribution in [3.63, 3.8) is 0 Å². The van der Waals surface area contributed by atoms with Crippen LogP contribution in [0, 0.1) is 10.1 Å². The van der Waals surface area contributed by atoms with E-state index in [1.54, 1.807) is 23.5 Å². The van der Waals surface area contributed by atoms with E-state index >= 15 is 0 Å². The Morgan fingerprint density at radius 2 is 1.24 bits per heavy atom. The number of aromatic nitrogens is 3. The standard InChI is InChI=1S/C30H20N4O2S/c35-34(36)25-18-16-22(17-19-25)27-26(20-33(32-27)24-14-8-3-9-15-24)30-31-28(21-10-4-1-5-11-21)29(37-30)23-12-6-2-7-13-23/h1-20H. The van der Waals surface area contributed by atoms with Crippen molar-refractivity contribution in [1.82, 2.24) is 14.8 Å². The summed E-state index contributed by atoms with van der Waals surface area (Å²) in [5, 5.41) is 16.9. The predicted octanol–water partition coefficient (Wildman–Crippen LogP) is 7.91. The fourth-order valence-corrected chi connectivity index (χ4v) is 5.31. The number of para-hydroxylation sites is 1. The van der Waals surface area contributed by atoms with Gasteiger partial charge in [0, 0.05) is 29.5 Å². The summed E-state index contributed by atoms with van der Waals surface area (Å²) in [6.07, 6.45) is 1.98. The number of nitro benzene ring substituents is 1. The Morgan fingerprint density at radius 1 is 0.676 bits per heavy atom. The highest BCUT2D eigenvalue weighted by atomic mass is 32.1. The van der Waals surface area contributed by atoms with Crippen molar-refractivity contribution in [3.8, 4) is 49.2 Å². The third kappa shape index (κ3) is 4.44. The molecule has 2 heterocycles. The first-order valence-electron chi connectivity index (χ1n) is 11.7. The van der Waals surface area contributed by atoms with Crippen LogP contribution in [0.15, 0.2) is 121 Å². The zero-order valence-corrected chi connectivity index (χ0v) is 20.4. The summed E-state index contributed by atoms with van der Waals surface area (Å²) >= 11 is 1.61. The third-order valence-electron chi connectivity index (χ3n) is 6.03. The van der Waals surface area contributed by atoms with E-state index < -0.39 is 4.92 Å². The summed E-state index contributed by atoms with van der Waals surface area (Å²) in [5.74, 6) is 0. The highest BCUT2D eigenvalue weighted by molar-refractivity contribution is 7.19. The fraction of sp³-hybridized carbons (Fsp3) is 0. The van der Waals surface area contributed by atoms with Gasteiger partial charge in [0.05, 0.1) is 26.7 Å². The lowest BCUT2D eigenvalue weighted by Gasteiger charge is -2.02. The summed E-state index contributed by atoms with van der Waals surface area (Å²) in [4.78, 5) is 17.0. The molecule has 0 atom stereocenters. The van der Waals surface area contributed by atoms with Gasteiger partial charge in [-0.1, -0.05) is 78.9 Å². The molecule has 2 aromatic heterocycles. The Hall–Kier alpha value is -4.88. The number of rotatable bonds is 6. The molecule has 0 aliphatic rings. The minimum absolute atomic E-state index is 0.0415. The van der Waals surface area contributed by atoms with Crippen molar-refractivity contribution in [2.45, 2.75) is 0 Å². The van der Waals surface area contributed by atoms with Crippen LogP contribution in [0.5, 0.6) is 0 Å². The van der Waals surface area contributed by atoms with Crippen molar-refractivity contribution in [2.24, 2.45) is 0 Å². The van der Waals surface area contributed by atoms with E-state index in [-0.39, 0.29) is 5.69 Å². The predicted molar refractivity (Wildman–Crippen MR) is 148 cm³/mol. The van der Waals surface area contributed by atoms with Crippen molar-refractivity contribution in [3.05, 3.63) is 132 Å². The average molecular weight is 501 g/mol. The lowest BCUT2D eigenvalue weighted by Crippen LogP contribution is -1.94. The van der Waals surface area contributed by atoms with Gasteiger partial charge in [-0.2, -0.15) is 5.10 Å². The van der Waals surface area contributed by atoms with Gasteiger partial charge in [-0.3, -0.25) is 10.1 Å². The number of nitro groups is 1. The van der Waals surface area contributed by atoms with Crippen LogP contribution in [0.1, 0.15) is 0 Å². The van der Waals surface area contributed by atoms with Gasteiger partial charge < -0.3 is 0 Å². The van der Waals surface area contributed by atoms with E-state index in [9.17, 15) is 10.1 Å². The van der Waals surface area contributed by atoms with Gasteiger partial charge in [-0.15, -0.1) is 11.3 Å². The molecule has 0 unspecified atom stereocenters. The molecule has 178 valence electrons. The molecule has 7 heteroatoms. The zero-order valence-electron chi connectivity index (χ0n) is 19.6. The largest absolute Gasteiger partial charge is 0.269 e. The van der Waals surface area contributed by atoms with Crippen LogP contribution in [0.3, 0.4) is 0 Å². The van der Waals surface area contributed by atoms with Crippen LogP contribution in [0.25, 0.3) is 49.2 Å². The second-order valence-corrected chi connectivity index (χ2v) is 9.40. The van der Waals surface area contributed by atoms with Crippen molar-refractivity contribution in [2.75, 3.05) is 0 Å². The van der Waals surface area contributed by atoms with E-state index in [0.29, 0.717) is 5.69 Å². The van der Waals surface area contributed by atoms with Crippen LogP contribution >= 0.6 is 11.3 Å². The molecule has 4 aromatic carbocycles. The van der Waals surface area contributed by atoms with Gasteiger partial charge in [-0.05, 0) is 29.8 Å². The number of hydrogen-bond donors (Lipinski definition) is 0. The van der Waals surface area contributed by atoms with E-state index in [1.165, 1.54) is 12.1 Å². The summed E-state index contributed by atoms with van der Waals surface area (Å²) in [6.45, 7) is 0. The van der Waals surface area contributed by atoms with Gasteiger partial charge >= 0.3 is 0 Å². The number of non-ortho nitro benzene ring substituents is 1. The highest BCUT2D eigenvalue weighted by Gasteiger charge is 2.22. The van der Waals surface area contributed by atoms with E-state index in [2.05, 4.69) is 24.3 Å². The SMILES string of the molecule is O=[N+]([O-])c1ccc(-c2nn(-c3ccccc3)cc2-c2nc(-c3ccccc3)c(-c3ccccc3)s2)cc1. The zero-order chi connectivity index (χ0) is 25.2. The van der Waals surface area contributed by atoms with Crippen LogP contribution < -0.4 is 0 Å².